The molecule has 0 aromatic heterocycles. The first-order valence-electron chi connectivity index (χ1n) is 6.03. The maximum Gasteiger partial charge on any atom is 0.361 e. The second-order valence-electron chi connectivity index (χ2n) is 4.05. The van der Waals surface area contributed by atoms with Crippen LogP contribution in [0, 0.1) is 0 Å². The third kappa shape index (κ3) is 3.41. The zero-order valence-corrected chi connectivity index (χ0v) is 11.9. The van der Waals surface area contributed by atoms with E-state index < -0.39 is 7.60 Å². The molecule has 0 atom stereocenters. The lowest BCUT2D eigenvalue weighted by molar-refractivity contribution is 0.229. The van der Waals surface area contributed by atoms with Crippen molar-refractivity contribution in [3.05, 3.63) is 29.8 Å². The maximum atomic E-state index is 12.7. The summed E-state index contributed by atoms with van der Waals surface area (Å²) in [5, 5.41) is 0.693. The molecule has 0 bridgehead atoms. The van der Waals surface area contributed by atoms with Crippen molar-refractivity contribution in [2.45, 2.75) is 33.6 Å². The molecule has 4 heteroatoms. The minimum Gasteiger partial charge on any atom is -0.305 e. The van der Waals surface area contributed by atoms with E-state index in [-0.39, 0.29) is 0 Å². The molecular weight excluding hydrogens is 235 g/mol. The fraction of sp³-hybridized carbons (Fsp3) is 0.538. The Balaban J connectivity index is 3.23. The molecule has 0 radical (unpaired) electrons. The quantitative estimate of drug-likeness (QED) is 0.728. The van der Waals surface area contributed by atoms with E-state index >= 15 is 0 Å². The Labute approximate surface area is 104 Å². The summed E-state index contributed by atoms with van der Waals surface area (Å²) in [5.74, 6) is 0.292. The van der Waals surface area contributed by atoms with E-state index in [9.17, 15) is 4.57 Å². The predicted octanol–water partition coefficient (Wildman–Crippen LogP) is 3.70. The Bertz CT molecular complexity index is 391. The summed E-state index contributed by atoms with van der Waals surface area (Å²) >= 11 is 0. The molecule has 0 spiro atoms. The summed E-state index contributed by atoms with van der Waals surface area (Å²) in [7, 11) is -3.16. The molecule has 0 aliphatic heterocycles. The van der Waals surface area contributed by atoms with Crippen molar-refractivity contribution in [3.8, 4) is 0 Å². The molecule has 0 aliphatic rings. The van der Waals surface area contributed by atoms with Crippen LogP contribution >= 0.6 is 7.60 Å². The zero-order valence-electron chi connectivity index (χ0n) is 11.0. The van der Waals surface area contributed by atoms with Crippen LogP contribution in [0.25, 0.3) is 0 Å². The van der Waals surface area contributed by atoms with Gasteiger partial charge in [0.1, 0.15) is 0 Å². The summed E-state index contributed by atoms with van der Waals surface area (Å²) in [6.45, 7) is 8.54. The van der Waals surface area contributed by atoms with Crippen LogP contribution in [0.3, 0.4) is 0 Å². The predicted molar refractivity (Wildman–Crippen MR) is 71.0 cm³/mol. The fourth-order valence-corrected chi connectivity index (χ4v) is 3.69. The van der Waals surface area contributed by atoms with Gasteiger partial charge in [0, 0.05) is 0 Å². The van der Waals surface area contributed by atoms with Gasteiger partial charge in [0.15, 0.2) is 0 Å². The molecule has 1 aromatic rings. The molecule has 1 aromatic carbocycles. The minimum absolute atomic E-state index is 0.292. The zero-order chi connectivity index (χ0) is 12.9. The highest BCUT2D eigenvalue weighted by Gasteiger charge is 2.29. The molecule has 0 unspecified atom stereocenters. The number of hydrogen-bond acceptors (Lipinski definition) is 3. The van der Waals surface area contributed by atoms with Crippen LogP contribution in [-0.4, -0.2) is 13.2 Å². The van der Waals surface area contributed by atoms with Crippen LogP contribution < -0.4 is 5.30 Å². The summed E-state index contributed by atoms with van der Waals surface area (Å²) in [6.07, 6.45) is 0. The van der Waals surface area contributed by atoms with Gasteiger partial charge in [0.25, 0.3) is 0 Å². The smallest absolute Gasteiger partial charge is 0.305 e. The molecule has 0 amide bonds. The monoisotopic (exact) mass is 256 g/mol. The highest BCUT2D eigenvalue weighted by molar-refractivity contribution is 7.62. The standard InChI is InChI=1S/C13H21O3P/c1-5-15-17(14,16-6-2)13-10-8-7-9-12(13)11(3)4/h7-11H,5-6H2,1-4H3. The van der Waals surface area contributed by atoms with Crippen molar-refractivity contribution >= 4 is 12.9 Å². The van der Waals surface area contributed by atoms with Gasteiger partial charge in [-0.15, -0.1) is 0 Å². The molecule has 0 N–H and O–H groups in total. The van der Waals surface area contributed by atoms with Gasteiger partial charge in [-0.1, -0.05) is 32.0 Å². The summed E-state index contributed by atoms with van der Waals surface area (Å²) < 4.78 is 23.5. The van der Waals surface area contributed by atoms with Crippen molar-refractivity contribution in [3.63, 3.8) is 0 Å². The van der Waals surface area contributed by atoms with Crippen LogP contribution in [0.15, 0.2) is 24.3 Å². The fourth-order valence-electron chi connectivity index (χ4n) is 1.74. The minimum atomic E-state index is -3.16. The Hall–Kier alpha value is -0.630. The first-order chi connectivity index (χ1) is 8.05. The summed E-state index contributed by atoms with van der Waals surface area (Å²) in [5.41, 5.74) is 1.03. The van der Waals surface area contributed by atoms with Crippen LogP contribution in [0.1, 0.15) is 39.2 Å². The van der Waals surface area contributed by atoms with E-state index in [1.807, 2.05) is 38.1 Å². The van der Waals surface area contributed by atoms with E-state index in [1.54, 1.807) is 0 Å². The van der Waals surface area contributed by atoms with Crippen LogP contribution in [0.5, 0.6) is 0 Å². The van der Waals surface area contributed by atoms with Crippen molar-refractivity contribution < 1.29 is 13.6 Å². The third-order valence-corrected chi connectivity index (χ3v) is 4.65. The van der Waals surface area contributed by atoms with Crippen molar-refractivity contribution in [1.82, 2.24) is 0 Å². The highest BCUT2D eigenvalue weighted by atomic mass is 31.2. The van der Waals surface area contributed by atoms with Crippen molar-refractivity contribution in [2.75, 3.05) is 13.2 Å². The van der Waals surface area contributed by atoms with E-state index in [0.717, 1.165) is 5.56 Å². The average molecular weight is 256 g/mol. The lowest BCUT2D eigenvalue weighted by Crippen LogP contribution is -2.16. The molecule has 1 rings (SSSR count). The van der Waals surface area contributed by atoms with Crippen molar-refractivity contribution in [1.29, 1.82) is 0 Å². The largest absolute Gasteiger partial charge is 0.361 e. The van der Waals surface area contributed by atoms with Gasteiger partial charge in [-0.05, 0) is 31.4 Å². The Kier molecular flexibility index (Phi) is 5.38. The molecular formula is C13H21O3P. The Morgan fingerprint density at radius 1 is 1.12 bits per heavy atom. The van der Waals surface area contributed by atoms with E-state index in [0.29, 0.717) is 24.4 Å². The lowest BCUT2D eigenvalue weighted by atomic mass is 10.0. The number of benzene rings is 1. The Morgan fingerprint density at radius 3 is 2.12 bits per heavy atom. The maximum absolute atomic E-state index is 12.7. The topological polar surface area (TPSA) is 35.5 Å². The molecule has 0 saturated heterocycles. The third-order valence-electron chi connectivity index (χ3n) is 2.45. The van der Waals surface area contributed by atoms with Gasteiger partial charge in [-0.2, -0.15) is 0 Å². The van der Waals surface area contributed by atoms with Crippen LogP contribution in [0.2, 0.25) is 0 Å². The first-order valence-corrected chi connectivity index (χ1v) is 7.58. The van der Waals surface area contributed by atoms with E-state index in [1.165, 1.54) is 0 Å². The molecule has 0 fully saturated rings. The molecule has 0 heterocycles. The Morgan fingerprint density at radius 2 is 1.65 bits per heavy atom. The second kappa shape index (κ2) is 6.34. The molecule has 3 nitrogen and oxygen atoms in total. The number of hydrogen-bond donors (Lipinski definition) is 0. The number of rotatable bonds is 6. The summed E-state index contributed by atoms with van der Waals surface area (Å²) in [6, 6.07) is 7.62. The second-order valence-corrected chi connectivity index (χ2v) is 6.04. The van der Waals surface area contributed by atoms with Gasteiger partial charge >= 0.3 is 7.60 Å². The first kappa shape index (κ1) is 14.4. The molecule has 0 aliphatic carbocycles. The van der Waals surface area contributed by atoms with E-state index in [4.69, 9.17) is 9.05 Å². The molecule has 0 saturated carbocycles. The SMILES string of the molecule is CCOP(=O)(OCC)c1ccccc1C(C)C. The molecule has 17 heavy (non-hydrogen) atoms. The average Bonchev–Trinajstić information content (AvgIpc) is 2.29. The lowest BCUT2D eigenvalue weighted by Gasteiger charge is -2.21. The van der Waals surface area contributed by atoms with Crippen LogP contribution in [0.4, 0.5) is 0 Å². The van der Waals surface area contributed by atoms with Gasteiger partial charge < -0.3 is 9.05 Å². The van der Waals surface area contributed by atoms with Gasteiger partial charge in [0.2, 0.25) is 0 Å². The van der Waals surface area contributed by atoms with Crippen LogP contribution in [-0.2, 0) is 13.6 Å². The highest BCUT2D eigenvalue weighted by Crippen LogP contribution is 2.48. The van der Waals surface area contributed by atoms with E-state index in [2.05, 4.69) is 13.8 Å². The molecule has 96 valence electrons. The van der Waals surface area contributed by atoms with Gasteiger partial charge in [0.05, 0.1) is 18.5 Å². The van der Waals surface area contributed by atoms with Crippen molar-refractivity contribution in [2.24, 2.45) is 0 Å². The van der Waals surface area contributed by atoms with Gasteiger partial charge in [-0.3, -0.25) is 4.57 Å². The van der Waals surface area contributed by atoms with Gasteiger partial charge in [-0.25, -0.2) is 0 Å². The normalized spacial score (nSPS) is 12.1. The summed E-state index contributed by atoms with van der Waals surface area (Å²) in [4.78, 5) is 0.